The van der Waals surface area contributed by atoms with Crippen molar-refractivity contribution in [3.63, 3.8) is 0 Å². The van der Waals surface area contributed by atoms with Gasteiger partial charge in [-0.2, -0.15) is 0 Å². The zero-order chi connectivity index (χ0) is 19.1. The van der Waals surface area contributed by atoms with Crippen molar-refractivity contribution in [3.05, 3.63) is 53.6 Å². The fraction of sp³-hybridized carbons (Fsp3) is 0.333. The zero-order valence-corrected chi connectivity index (χ0v) is 15.3. The predicted octanol–water partition coefficient (Wildman–Crippen LogP) is 1.17. The van der Waals surface area contributed by atoms with E-state index in [2.05, 4.69) is 15.3 Å². The minimum absolute atomic E-state index is 0.0876. The Bertz CT molecular complexity index is 790. The Hall–Kier alpha value is -2.71. The first-order chi connectivity index (χ1) is 13.1. The summed E-state index contributed by atoms with van der Waals surface area (Å²) in [5, 5.41) is 2.89. The van der Waals surface area contributed by atoms with Crippen LogP contribution in [0.5, 0.6) is 5.75 Å². The lowest BCUT2D eigenvalue weighted by molar-refractivity contribution is -0.138. The molecule has 1 unspecified atom stereocenters. The lowest BCUT2D eigenvalue weighted by Gasteiger charge is -2.33. The number of hydrogen-bond donors (Lipinski definition) is 1. The van der Waals surface area contributed by atoms with Crippen LogP contribution in [0.2, 0.25) is 5.15 Å². The van der Waals surface area contributed by atoms with Crippen LogP contribution in [-0.2, 0) is 9.53 Å². The van der Waals surface area contributed by atoms with E-state index in [9.17, 15) is 9.59 Å². The molecular formula is C18H19ClN4O4. The van der Waals surface area contributed by atoms with Crippen LogP contribution >= 0.6 is 11.6 Å². The molecule has 0 bridgehead atoms. The van der Waals surface area contributed by atoms with Gasteiger partial charge in [-0.25, -0.2) is 4.98 Å². The Labute approximate surface area is 161 Å². The number of nitrogens with zero attached hydrogens (tertiary/aromatic N) is 3. The lowest BCUT2D eigenvalue weighted by atomic mass is 10.2. The van der Waals surface area contributed by atoms with Gasteiger partial charge in [0, 0.05) is 25.1 Å². The summed E-state index contributed by atoms with van der Waals surface area (Å²) in [6.07, 6.45) is 4.32. The second-order valence-corrected chi connectivity index (χ2v) is 6.22. The smallest absolute Gasteiger partial charge is 0.253 e. The molecule has 1 fully saturated rings. The summed E-state index contributed by atoms with van der Waals surface area (Å²) in [7, 11) is 0. The van der Waals surface area contributed by atoms with Crippen molar-refractivity contribution in [1.82, 2.24) is 20.2 Å². The van der Waals surface area contributed by atoms with Gasteiger partial charge in [-0.05, 0) is 24.3 Å². The van der Waals surface area contributed by atoms with Gasteiger partial charge in [0.25, 0.3) is 5.91 Å². The van der Waals surface area contributed by atoms with Crippen LogP contribution in [0.4, 0.5) is 0 Å². The number of hydrogen-bond acceptors (Lipinski definition) is 6. The molecule has 2 amide bonds. The topological polar surface area (TPSA) is 93.7 Å². The lowest BCUT2D eigenvalue weighted by Crippen LogP contribution is -2.50. The molecule has 1 aliphatic heterocycles. The van der Waals surface area contributed by atoms with Gasteiger partial charge in [0.05, 0.1) is 25.3 Å². The molecular weight excluding hydrogens is 372 g/mol. The van der Waals surface area contributed by atoms with Gasteiger partial charge in [0.15, 0.2) is 10.9 Å². The van der Waals surface area contributed by atoms with E-state index in [-0.39, 0.29) is 36.2 Å². The third-order valence-corrected chi connectivity index (χ3v) is 4.25. The largest absolute Gasteiger partial charge is 0.488 e. The third-order valence-electron chi connectivity index (χ3n) is 3.96. The Morgan fingerprint density at radius 3 is 2.96 bits per heavy atom. The monoisotopic (exact) mass is 390 g/mol. The molecule has 2 aromatic rings. The number of halogens is 1. The Balaban J connectivity index is 1.46. The molecule has 2 aromatic heterocycles. The first kappa shape index (κ1) is 19.1. The molecule has 0 saturated carbocycles. The molecule has 1 N–H and O–H groups in total. The van der Waals surface area contributed by atoms with E-state index in [1.165, 1.54) is 6.20 Å². The zero-order valence-electron chi connectivity index (χ0n) is 14.5. The number of rotatable bonds is 6. The number of carbonyl (C=O) groups excluding carboxylic acids is 2. The van der Waals surface area contributed by atoms with E-state index in [1.807, 2.05) is 0 Å². The standard InChI is InChI=1S/C18H19ClN4O4/c19-17-15(4-2-6-21-17)27-12-14-11-23(7-8-26-14)16(24)10-22-18(25)13-3-1-5-20-9-13/h1-6,9,14H,7-8,10-12H2,(H,22,25). The van der Waals surface area contributed by atoms with E-state index in [1.54, 1.807) is 41.6 Å². The third kappa shape index (κ3) is 5.38. The van der Waals surface area contributed by atoms with Crippen molar-refractivity contribution in [3.8, 4) is 5.75 Å². The minimum atomic E-state index is -0.337. The molecule has 0 aromatic carbocycles. The second kappa shape index (κ2) is 9.29. The van der Waals surface area contributed by atoms with E-state index in [0.29, 0.717) is 31.0 Å². The van der Waals surface area contributed by atoms with E-state index in [0.717, 1.165) is 0 Å². The quantitative estimate of drug-likeness (QED) is 0.744. The van der Waals surface area contributed by atoms with Crippen LogP contribution in [0.3, 0.4) is 0 Å². The van der Waals surface area contributed by atoms with Gasteiger partial charge >= 0.3 is 0 Å². The van der Waals surface area contributed by atoms with Gasteiger partial charge in [0.2, 0.25) is 5.91 Å². The van der Waals surface area contributed by atoms with Gasteiger partial charge in [-0.15, -0.1) is 0 Å². The van der Waals surface area contributed by atoms with Crippen molar-refractivity contribution < 1.29 is 19.1 Å². The maximum atomic E-state index is 12.4. The summed E-state index contributed by atoms with van der Waals surface area (Å²) in [6.45, 7) is 1.40. The van der Waals surface area contributed by atoms with Gasteiger partial charge in [0.1, 0.15) is 12.7 Å². The molecule has 1 aliphatic rings. The highest BCUT2D eigenvalue weighted by molar-refractivity contribution is 6.30. The van der Waals surface area contributed by atoms with E-state index in [4.69, 9.17) is 21.1 Å². The molecule has 1 saturated heterocycles. The number of morpholine rings is 1. The van der Waals surface area contributed by atoms with Gasteiger partial charge in [-0.3, -0.25) is 14.6 Å². The number of amides is 2. The number of carbonyl (C=O) groups is 2. The summed E-state index contributed by atoms with van der Waals surface area (Å²) in [6, 6.07) is 6.75. The minimum Gasteiger partial charge on any atom is -0.488 e. The Kier molecular flexibility index (Phi) is 6.56. The van der Waals surface area contributed by atoms with Crippen LogP contribution in [0.15, 0.2) is 42.9 Å². The van der Waals surface area contributed by atoms with Crippen LogP contribution in [0.1, 0.15) is 10.4 Å². The second-order valence-electron chi connectivity index (χ2n) is 5.86. The average molecular weight is 391 g/mol. The van der Waals surface area contributed by atoms with Crippen molar-refractivity contribution in [1.29, 1.82) is 0 Å². The molecule has 142 valence electrons. The Morgan fingerprint density at radius 2 is 2.19 bits per heavy atom. The summed E-state index contributed by atoms with van der Waals surface area (Å²) in [5.74, 6) is -0.0503. The molecule has 0 radical (unpaired) electrons. The molecule has 27 heavy (non-hydrogen) atoms. The molecule has 3 heterocycles. The van der Waals surface area contributed by atoms with E-state index < -0.39 is 0 Å². The molecule has 1 atom stereocenters. The number of aromatic nitrogens is 2. The van der Waals surface area contributed by atoms with Crippen molar-refractivity contribution >= 4 is 23.4 Å². The van der Waals surface area contributed by atoms with E-state index >= 15 is 0 Å². The summed E-state index contributed by atoms with van der Waals surface area (Å²) in [4.78, 5) is 33.8. The summed E-state index contributed by atoms with van der Waals surface area (Å²) >= 11 is 5.96. The molecule has 0 spiro atoms. The molecule has 8 nitrogen and oxygen atoms in total. The normalized spacial score (nSPS) is 16.6. The van der Waals surface area contributed by atoms with Gasteiger partial charge < -0.3 is 19.7 Å². The number of nitrogens with one attached hydrogen (secondary N) is 1. The average Bonchev–Trinajstić information content (AvgIpc) is 2.72. The number of ether oxygens (including phenoxy) is 2. The SMILES string of the molecule is O=C(NCC(=O)N1CCOC(COc2cccnc2Cl)C1)c1cccnc1. The molecule has 9 heteroatoms. The fourth-order valence-electron chi connectivity index (χ4n) is 2.58. The van der Waals surface area contributed by atoms with Crippen LogP contribution in [-0.4, -0.2) is 65.6 Å². The summed E-state index contributed by atoms with van der Waals surface area (Å²) < 4.78 is 11.3. The molecule has 3 rings (SSSR count). The highest BCUT2D eigenvalue weighted by Gasteiger charge is 2.25. The predicted molar refractivity (Wildman–Crippen MR) is 97.6 cm³/mol. The van der Waals surface area contributed by atoms with Crippen LogP contribution < -0.4 is 10.1 Å². The van der Waals surface area contributed by atoms with Crippen molar-refractivity contribution in [2.45, 2.75) is 6.10 Å². The maximum absolute atomic E-state index is 12.4. The molecule has 0 aliphatic carbocycles. The highest BCUT2D eigenvalue weighted by atomic mass is 35.5. The number of pyridine rings is 2. The van der Waals surface area contributed by atoms with Crippen LogP contribution in [0.25, 0.3) is 0 Å². The highest BCUT2D eigenvalue weighted by Crippen LogP contribution is 2.21. The summed E-state index contributed by atoms with van der Waals surface area (Å²) in [5.41, 5.74) is 0.409. The van der Waals surface area contributed by atoms with Crippen LogP contribution in [0, 0.1) is 0 Å². The fourth-order valence-corrected chi connectivity index (χ4v) is 2.75. The van der Waals surface area contributed by atoms with Crippen molar-refractivity contribution in [2.75, 3.05) is 32.8 Å². The maximum Gasteiger partial charge on any atom is 0.253 e. The van der Waals surface area contributed by atoms with Crippen molar-refractivity contribution in [2.24, 2.45) is 0 Å². The Morgan fingerprint density at radius 1 is 1.33 bits per heavy atom. The first-order valence-corrected chi connectivity index (χ1v) is 8.82. The van der Waals surface area contributed by atoms with Gasteiger partial charge in [-0.1, -0.05) is 11.6 Å². The first-order valence-electron chi connectivity index (χ1n) is 8.44.